The van der Waals surface area contributed by atoms with Gasteiger partial charge in [0, 0.05) is 11.3 Å². The van der Waals surface area contributed by atoms with Gasteiger partial charge in [0.25, 0.3) is 5.91 Å². The van der Waals surface area contributed by atoms with Crippen LogP contribution in [0.3, 0.4) is 0 Å². The van der Waals surface area contributed by atoms with Gasteiger partial charge in [0.05, 0.1) is 12.2 Å². The average molecular weight is 305 g/mol. The fourth-order valence-electron chi connectivity index (χ4n) is 1.80. The molecule has 21 heavy (non-hydrogen) atoms. The Morgan fingerprint density at radius 1 is 1.38 bits per heavy atom. The Morgan fingerprint density at radius 3 is 2.67 bits per heavy atom. The van der Waals surface area contributed by atoms with Crippen LogP contribution < -0.4 is 11.1 Å². The molecule has 0 bridgehead atoms. The molecule has 0 radical (unpaired) electrons. The van der Waals surface area contributed by atoms with E-state index in [0.717, 1.165) is 16.9 Å². The molecule has 0 aliphatic carbocycles. The summed E-state index contributed by atoms with van der Waals surface area (Å²) in [6.45, 7) is 3.66. The molecule has 0 spiro atoms. The Bertz CT molecular complexity index is 709. The van der Waals surface area contributed by atoms with Crippen molar-refractivity contribution in [2.24, 2.45) is 0 Å². The molecule has 1 aromatic heterocycles. The maximum atomic E-state index is 12.0. The number of amides is 1. The Labute approximate surface area is 125 Å². The number of benzene rings is 1. The molecular formula is C14H15N3O3S. The van der Waals surface area contributed by atoms with E-state index in [0.29, 0.717) is 22.0 Å². The molecule has 0 unspecified atom stereocenters. The third-order valence-electron chi connectivity index (χ3n) is 2.97. The quantitative estimate of drug-likeness (QED) is 0.749. The number of aryl methyl sites for hydroxylation is 2. The molecule has 1 aromatic carbocycles. The van der Waals surface area contributed by atoms with Gasteiger partial charge in [-0.2, -0.15) is 0 Å². The molecule has 0 fully saturated rings. The number of thiazole rings is 1. The van der Waals surface area contributed by atoms with Crippen LogP contribution in [0.2, 0.25) is 0 Å². The van der Waals surface area contributed by atoms with E-state index in [2.05, 4.69) is 10.3 Å². The van der Waals surface area contributed by atoms with Gasteiger partial charge >= 0.3 is 5.97 Å². The van der Waals surface area contributed by atoms with Crippen molar-refractivity contribution in [2.75, 3.05) is 5.73 Å². The largest absolute Gasteiger partial charge is 0.477 e. The highest BCUT2D eigenvalue weighted by molar-refractivity contribution is 7.13. The summed E-state index contributed by atoms with van der Waals surface area (Å²) in [5.74, 6) is -1.25. The standard InChI is InChI=1S/C14H15N3O3S/c1-7-5-9(3-4-10(7)15)13(18)16-6-11-17-8(2)12(21-11)14(19)20/h3-5H,6,15H2,1-2H3,(H,16,18)(H,19,20). The number of hydrogen-bond acceptors (Lipinski definition) is 5. The van der Waals surface area contributed by atoms with Crippen molar-refractivity contribution in [1.29, 1.82) is 0 Å². The molecule has 7 heteroatoms. The fourth-order valence-corrected chi connectivity index (χ4v) is 2.64. The van der Waals surface area contributed by atoms with E-state index in [1.165, 1.54) is 0 Å². The van der Waals surface area contributed by atoms with E-state index in [1.807, 2.05) is 6.92 Å². The molecular weight excluding hydrogens is 290 g/mol. The van der Waals surface area contributed by atoms with E-state index < -0.39 is 5.97 Å². The number of nitrogens with two attached hydrogens (primary N) is 1. The van der Waals surface area contributed by atoms with Crippen LogP contribution in [0.15, 0.2) is 18.2 Å². The second-order valence-corrected chi connectivity index (χ2v) is 5.66. The normalized spacial score (nSPS) is 10.4. The molecule has 0 aliphatic rings. The predicted molar refractivity (Wildman–Crippen MR) is 80.6 cm³/mol. The molecule has 110 valence electrons. The van der Waals surface area contributed by atoms with Crippen LogP contribution in [0.5, 0.6) is 0 Å². The summed E-state index contributed by atoms with van der Waals surface area (Å²) >= 11 is 1.07. The minimum atomic E-state index is -1.00. The monoisotopic (exact) mass is 305 g/mol. The lowest BCUT2D eigenvalue weighted by atomic mass is 10.1. The second-order valence-electron chi connectivity index (χ2n) is 4.58. The van der Waals surface area contributed by atoms with E-state index in [9.17, 15) is 9.59 Å². The van der Waals surface area contributed by atoms with E-state index in [1.54, 1.807) is 25.1 Å². The molecule has 0 aliphatic heterocycles. The molecule has 4 N–H and O–H groups in total. The first-order chi connectivity index (χ1) is 9.88. The van der Waals surface area contributed by atoms with Gasteiger partial charge in [0.1, 0.15) is 9.88 Å². The predicted octanol–water partition coefficient (Wildman–Crippen LogP) is 1.97. The van der Waals surface area contributed by atoms with Crippen LogP contribution in [0.25, 0.3) is 0 Å². The summed E-state index contributed by atoms with van der Waals surface area (Å²) in [5.41, 5.74) is 8.14. The number of rotatable bonds is 4. The number of aromatic carboxylic acids is 1. The SMILES string of the molecule is Cc1cc(C(=O)NCc2nc(C)c(C(=O)O)s2)ccc1N. The molecule has 2 aromatic rings. The summed E-state index contributed by atoms with van der Waals surface area (Å²) in [7, 11) is 0. The van der Waals surface area contributed by atoms with Gasteiger partial charge < -0.3 is 16.2 Å². The minimum absolute atomic E-state index is 0.195. The van der Waals surface area contributed by atoms with Crippen molar-refractivity contribution < 1.29 is 14.7 Å². The maximum Gasteiger partial charge on any atom is 0.347 e. The average Bonchev–Trinajstić information content (AvgIpc) is 2.80. The zero-order valence-electron chi connectivity index (χ0n) is 11.6. The molecule has 0 saturated heterocycles. The number of hydrogen-bond donors (Lipinski definition) is 3. The highest BCUT2D eigenvalue weighted by atomic mass is 32.1. The lowest BCUT2D eigenvalue weighted by molar-refractivity contribution is 0.0701. The molecule has 0 saturated carbocycles. The maximum absolute atomic E-state index is 12.0. The number of nitrogens with one attached hydrogen (secondary N) is 1. The van der Waals surface area contributed by atoms with E-state index in [4.69, 9.17) is 10.8 Å². The molecule has 1 heterocycles. The first-order valence-corrected chi connectivity index (χ1v) is 7.04. The number of anilines is 1. The zero-order chi connectivity index (χ0) is 15.6. The third-order valence-corrected chi connectivity index (χ3v) is 4.11. The summed E-state index contributed by atoms with van der Waals surface area (Å²) in [5, 5.41) is 12.2. The number of aromatic nitrogens is 1. The Kier molecular flexibility index (Phi) is 4.23. The van der Waals surface area contributed by atoms with Gasteiger partial charge in [-0.15, -0.1) is 11.3 Å². The minimum Gasteiger partial charge on any atom is -0.477 e. The smallest absolute Gasteiger partial charge is 0.347 e. The van der Waals surface area contributed by atoms with Gasteiger partial charge in [-0.05, 0) is 37.6 Å². The van der Waals surface area contributed by atoms with Crippen molar-refractivity contribution in [3.63, 3.8) is 0 Å². The number of carboxylic acid groups (broad SMARTS) is 1. The number of nitrogen functional groups attached to an aromatic ring is 1. The van der Waals surface area contributed by atoms with Gasteiger partial charge in [-0.3, -0.25) is 4.79 Å². The molecule has 6 nitrogen and oxygen atoms in total. The van der Waals surface area contributed by atoms with Crippen LogP contribution >= 0.6 is 11.3 Å². The molecule has 2 rings (SSSR count). The van der Waals surface area contributed by atoms with Crippen molar-refractivity contribution in [3.05, 3.63) is 44.9 Å². The number of carbonyl (C=O) groups is 2. The first kappa shape index (κ1) is 15.0. The topological polar surface area (TPSA) is 105 Å². The molecule has 0 atom stereocenters. The van der Waals surface area contributed by atoms with Crippen LogP contribution in [-0.2, 0) is 6.54 Å². The third kappa shape index (κ3) is 3.38. The van der Waals surface area contributed by atoms with E-state index >= 15 is 0 Å². The zero-order valence-corrected chi connectivity index (χ0v) is 12.5. The van der Waals surface area contributed by atoms with Gasteiger partial charge in [-0.25, -0.2) is 9.78 Å². The number of carboxylic acids is 1. The molecule has 1 amide bonds. The summed E-state index contributed by atoms with van der Waals surface area (Å²) in [6.07, 6.45) is 0. The Morgan fingerprint density at radius 2 is 2.10 bits per heavy atom. The van der Waals surface area contributed by atoms with Crippen molar-refractivity contribution in [3.8, 4) is 0 Å². The van der Waals surface area contributed by atoms with Crippen molar-refractivity contribution in [2.45, 2.75) is 20.4 Å². The van der Waals surface area contributed by atoms with Crippen molar-refractivity contribution >= 4 is 28.9 Å². The Hall–Kier alpha value is -2.41. The fraction of sp³-hybridized carbons (Fsp3) is 0.214. The second kappa shape index (κ2) is 5.92. The van der Waals surface area contributed by atoms with Crippen LogP contribution in [-0.4, -0.2) is 22.0 Å². The lowest BCUT2D eigenvalue weighted by Crippen LogP contribution is -2.22. The number of carbonyl (C=O) groups excluding carboxylic acids is 1. The van der Waals surface area contributed by atoms with E-state index in [-0.39, 0.29) is 17.3 Å². The van der Waals surface area contributed by atoms with Crippen molar-refractivity contribution in [1.82, 2.24) is 10.3 Å². The number of nitrogens with zero attached hydrogens (tertiary/aromatic N) is 1. The van der Waals surface area contributed by atoms with Crippen LogP contribution in [0, 0.1) is 13.8 Å². The van der Waals surface area contributed by atoms with Gasteiger partial charge in [0.2, 0.25) is 0 Å². The first-order valence-electron chi connectivity index (χ1n) is 6.22. The summed E-state index contributed by atoms with van der Waals surface area (Å²) in [6, 6.07) is 5.04. The summed E-state index contributed by atoms with van der Waals surface area (Å²) < 4.78 is 0. The summed E-state index contributed by atoms with van der Waals surface area (Å²) in [4.78, 5) is 27.3. The van der Waals surface area contributed by atoms with Crippen LogP contribution in [0.1, 0.15) is 36.3 Å². The van der Waals surface area contributed by atoms with Gasteiger partial charge in [0.15, 0.2) is 0 Å². The lowest BCUT2D eigenvalue weighted by Gasteiger charge is -2.05. The Balaban J connectivity index is 2.05. The van der Waals surface area contributed by atoms with Gasteiger partial charge in [-0.1, -0.05) is 0 Å². The highest BCUT2D eigenvalue weighted by Crippen LogP contribution is 2.18. The van der Waals surface area contributed by atoms with Crippen LogP contribution in [0.4, 0.5) is 5.69 Å². The highest BCUT2D eigenvalue weighted by Gasteiger charge is 2.14.